The number of rotatable bonds is 1. The number of halogens is 1. The highest BCUT2D eigenvalue weighted by Gasteiger charge is 2.25. The van der Waals surface area contributed by atoms with Crippen molar-refractivity contribution in [3.8, 4) is 0 Å². The lowest BCUT2D eigenvalue weighted by atomic mass is 9.98. The number of H-pyrrole nitrogens is 1. The van der Waals surface area contributed by atoms with Crippen LogP contribution in [0.5, 0.6) is 0 Å². The summed E-state index contributed by atoms with van der Waals surface area (Å²) in [6.45, 7) is 1.96. The van der Waals surface area contributed by atoms with Gasteiger partial charge in [-0.2, -0.15) is 0 Å². The first-order valence-corrected chi connectivity index (χ1v) is 6.58. The van der Waals surface area contributed by atoms with E-state index in [0.29, 0.717) is 6.42 Å². The average molecular weight is 338 g/mol. The number of hydrogen-bond donors (Lipinski definition) is 1. The molecule has 2 aromatic rings. The maximum absolute atomic E-state index is 11.5. The van der Waals surface area contributed by atoms with Gasteiger partial charge in [0, 0.05) is 39.9 Å². The van der Waals surface area contributed by atoms with E-state index in [2.05, 4.69) is 22.1 Å². The Balaban J connectivity index is 2.23. The summed E-state index contributed by atoms with van der Waals surface area (Å²) in [5, 5.41) is 1.21. The molecular formula is C13H11IN2O. The summed E-state index contributed by atoms with van der Waals surface area (Å²) in [7, 11) is 0. The van der Waals surface area contributed by atoms with Crippen LogP contribution < -0.4 is 0 Å². The Morgan fingerprint density at radius 2 is 2.24 bits per heavy atom. The van der Waals surface area contributed by atoms with Gasteiger partial charge in [0.05, 0.1) is 11.4 Å². The van der Waals surface area contributed by atoms with E-state index in [0.717, 1.165) is 16.9 Å². The number of aliphatic imine (C=N–C) groups is 1. The van der Waals surface area contributed by atoms with E-state index in [4.69, 9.17) is 0 Å². The number of carbonyl (C=O) groups excluding carboxylic acids is 1. The number of fused-ring (bicyclic) bond motifs is 3. The van der Waals surface area contributed by atoms with Gasteiger partial charge in [-0.05, 0) is 18.6 Å². The molecule has 0 bridgehead atoms. The minimum absolute atomic E-state index is 0.109. The number of hydrogen-bond acceptors (Lipinski definition) is 2. The molecule has 0 unspecified atom stereocenters. The van der Waals surface area contributed by atoms with Gasteiger partial charge in [-0.25, -0.2) is 0 Å². The number of aromatic nitrogens is 1. The van der Waals surface area contributed by atoms with E-state index in [-0.39, 0.29) is 9.83 Å². The molecule has 3 rings (SSSR count). The SMILES string of the molecule is CC1=N[C@@H](C(=O)I)Cc2c1[nH]c1ccccc21. The van der Waals surface area contributed by atoms with Gasteiger partial charge >= 0.3 is 0 Å². The summed E-state index contributed by atoms with van der Waals surface area (Å²) in [4.78, 5) is 19.3. The third-order valence-electron chi connectivity index (χ3n) is 3.18. The van der Waals surface area contributed by atoms with E-state index in [1.807, 2.05) is 41.6 Å². The zero-order valence-corrected chi connectivity index (χ0v) is 11.5. The molecule has 1 atom stereocenters. The Morgan fingerprint density at radius 3 is 3.00 bits per heavy atom. The smallest absolute Gasteiger partial charge is 0.217 e. The second-order valence-electron chi connectivity index (χ2n) is 4.26. The normalized spacial score (nSPS) is 18.9. The Kier molecular flexibility index (Phi) is 2.54. The monoisotopic (exact) mass is 338 g/mol. The van der Waals surface area contributed by atoms with E-state index in [1.54, 1.807) is 0 Å². The summed E-state index contributed by atoms with van der Waals surface area (Å²) in [5.41, 5.74) is 4.36. The van der Waals surface area contributed by atoms with Gasteiger partial charge in [0.1, 0.15) is 6.04 Å². The third-order valence-corrected chi connectivity index (χ3v) is 3.90. The predicted octanol–water partition coefficient (Wildman–Crippen LogP) is 2.86. The molecule has 1 aromatic heterocycles. The molecule has 3 nitrogen and oxygen atoms in total. The van der Waals surface area contributed by atoms with Crippen molar-refractivity contribution in [1.82, 2.24) is 4.98 Å². The average Bonchev–Trinajstić information content (AvgIpc) is 2.68. The number of aromatic amines is 1. The van der Waals surface area contributed by atoms with Crippen molar-refractivity contribution in [3.63, 3.8) is 0 Å². The number of nitrogens with one attached hydrogen (secondary N) is 1. The van der Waals surface area contributed by atoms with Crippen LogP contribution in [0.3, 0.4) is 0 Å². The summed E-state index contributed by atoms with van der Waals surface area (Å²) in [6.07, 6.45) is 0.707. The summed E-state index contributed by atoms with van der Waals surface area (Å²) >= 11 is 1.84. The fraction of sp³-hybridized carbons (Fsp3) is 0.231. The first kappa shape index (κ1) is 11.0. The molecule has 0 fully saturated rings. The van der Waals surface area contributed by atoms with Crippen molar-refractivity contribution in [2.24, 2.45) is 4.99 Å². The Hall–Kier alpha value is -1.17. The minimum Gasteiger partial charge on any atom is -0.353 e. The maximum Gasteiger partial charge on any atom is 0.217 e. The summed E-state index contributed by atoms with van der Waals surface area (Å²) < 4.78 is 0.109. The van der Waals surface area contributed by atoms with Crippen molar-refractivity contribution >= 4 is 43.0 Å². The van der Waals surface area contributed by atoms with Gasteiger partial charge < -0.3 is 4.98 Å². The van der Waals surface area contributed by atoms with Crippen molar-refractivity contribution in [2.75, 3.05) is 0 Å². The van der Waals surface area contributed by atoms with Crippen molar-refractivity contribution < 1.29 is 4.79 Å². The molecule has 1 aliphatic heterocycles. The standard InChI is InChI=1S/C13H11IN2O/c1-7-12-9(6-11(15-7)13(14)17)8-4-2-3-5-10(8)16-12/h2-5,11,16H,6H2,1H3/t11-/m1/s1. The van der Waals surface area contributed by atoms with Crippen LogP contribution in [-0.4, -0.2) is 20.5 Å². The van der Waals surface area contributed by atoms with Gasteiger partial charge in [-0.15, -0.1) is 0 Å². The van der Waals surface area contributed by atoms with E-state index >= 15 is 0 Å². The first-order chi connectivity index (χ1) is 8.16. The van der Waals surface area contributed by atoms with Gasteiger partial charge in [0.25, 0.3) is 0 Å². The number of carbonyl (C=O) groups is 1. The Morgan fingerprint density at radius 1 is 1.47 bits per heavy atom. The highest BCUT2D eigenvalue weighted by Crippen LogP contribution is 2.28. The molecule has 0 saturated heterocycles. The quantitative estimate of drug-likeness (QED) is 0.631. The maximum atomic E-state index is 11.5. The van der Waals surface area contributed by atoms with Crippen LogP contribution in [0.4, 0.5) is 0 Å². The second kappa shape index (κ2) is 3.94. The van der Waals surface area contributed by atoms with Crippen LogP contribution in [-0.2, 0) is 11.2 Å². The lowest BCUT2D eigenvalue weighted by Crippen LogP contribution is -2.23. The topological polar surface area (TPSA) is 45.2 Å². The molecule has 1 N–H and O–H groups in total. The van der Waals surface area contributed by atoms with Gasteiger partial charge in [0.2, 0.25) is 3.79 Å². The largest absolute Gasteiger partial charge is 0.353 e. The minimum atomic E-state index is -0.220. The zero-order chi connectivity index (χ0) is 12.0. The molecule has 4 heteroatoms. The number of para-hydroxylation sites is 1. The molecule has 0 spiro atoms. The molecule has 1 aliphatic rings. The summed E-state index contributed by atoms with van der Waals surface area (Å²) in [6, 6.07) is 7.97. The molecule has 1 aromatic carbocycles. The van der Waals surface area contributed by atoms with Gasteiger partial charge in [0.15, 0.2) is 0 Å². The molecule has 0 aliphatic carbocycles. The Labute approximate surface area is 112 Å². The fourth-order valence-electron chi connectivity index (χ4n) is 2.39. The van der Waals surface area contributed by atoms with Gasteiger partial charge in [-0.1, -0.05) is 18.2 Å². The van der Waals surface area contributed by atoms with Crippen molar-refractivity contribution in [2.45, 2.75) is 19.4 Å². The van der Waals surface area contributed by atoms with Crippen LogP contribution >= 0.6 is 22.6 Å². The molecule has 0 saturated carbocycles. The lowest BCUT2D eigenvalue weighted by molar-refractivity contribution is -0.110. The third kappa shape index (κ3) is 1.71. The highest BCUT2D eigenvalue weighted by molar-refractivity contribution is 14.1. The van der Waals surface area contributed by atoms with Crippen LogP contribution in [0, 0.1) is 0 Å². The predicted molar refractivity (Wildman–Crippen MR) is 77.0 cm³/mol. The highest BCUT2D eigenvalue weighted by atomic mass is 127. The van der Waals surface area contributed by atoms with Crippen LogP contribution in [0.2, 0.25) is 0 Å². The molecule has 86 valence electrons. The van der Waals surface area contributed by atoms with Crippen LogP contribution in [0.25, 0.3) is 10.9 Å². The van der Waals surface area contributed by atoms with E-state index < -0.39 is 0 Å². The number of benzene rings is 1. The van der Waals surface area contributed by atoms with Crippen LogP contribution in [0.1, 0.15) is 18.2 Å². The molecule has 0 radical (unpaired) electrons. The summed E-state index contributed by atoms with van der Waals surface area (Å²) in [5.74, 6) is 0. The molecule has 2 heterocycles. The lowest BCUT2D eigenvalue weighted by Gasteiger charge is -2.16. The second-order valence-corrected chi connectivity index (χ2v) is 5.33. The molecule has 0 amide bonds. The Bertz CT molecular complexity index is 642. The zero-order valence-electron chi connectivity index (χ0n) is 9.33. The first-order valence-electron chi connectivity index (χ1n) is 5.50. The molecular weight excluding hydrogens is 327 g/mol. The van der Waals surface area contributed by atoms with E-state index in [9.17, 15) is 4.79 Å². The van der Waals surface area contributed by atoms with Crippen LogP contribution in [0.15, 0.2) is 29.3 Å². The van der Waals surface area contributed by atoms with Gasteiger partial charge in [-0.3, -0.25) is 9.79 Å². The number of nitrogens with zero attached hydrogens (tertiary/aromatic N) is 1. The van der Waals surface area contributed by atoms with E-state index in [1.165, 1.54) is 10.9 Å². The van der Waals surface area contributed by atoms with Crippen molar-refractivity contribution in [1.29, 1.82) is 0 Å². The fourth-order valence-corrected chi connectivity index (χ4v) is 2.75. The molecule has 17 heavy (non-hydrogen) atoms. The van der Waals surface area contributed by atoms with Crippen molar-refractivity contribution in [3.05, 3.63) is 35.5 Å².